The number of rotatable bonds is 4. The lowest BCUT2D eigenvalue weighted by Crippen LogP contribution is -2.45. The molecule has 1 aromatic heterocycles. The Morgan fingerprint density at radius 1 is 1.13 bits per heavy atom. The number of urea groups is 1. The number of amides is 4. The second kappa shape index (κ2) is 7.46. The summed E-state index contributed by atoms with van der Waals surface area (Å²) in [6, 6.07) is 14.7. The minimum atomic E-state index is -0.833. The molecule has 8 heteroatoms. The summed E-state index contributed by atoms with van der Waals surface area (Å²) in [5, 5.41) is 3.36. The number of aromatic nitrogens is 1. The van der Waals surface area contributed by atoms with E-state index in [1.807, 2.05) is 55.5 Å². The van der Waals surface area contributed by atoms with Gasteiger partial charge in [0.25, 0.3) is 11.8 Å². The fraction of sp³-hybridized carbons (Fsp3) is 0.304. The van der Waals surface area contributed by atoms with E-state index in [0.29, 0.717) is 23.7 Å². The van der Waals surface area contributed by atoms with Crippen molar-refractivity contribution in [3.8, 4) is 0 Å². The summed E-state index contributed by atoms with van der Waals surface area (Å²) in [4.78, 5) is 46.4. The number of carbonyl (C=O) groups is 3. The molecule has 5 rings (SSSR count). The van der Waals surface area contributed by atoms with Crippen molar-refractivity contribution >= 4 is 50.2 Å². The Bertz CT molecular complexity index is 1170. The Morgan fingerprint density at radius 2 is 1.84 bits per heavy atom. The quantitative estimate of drug-likeness (QED) is 0.626. The zero-order valence-corrected chi connectivity index (χ0v) is 17.9. The van der Waals surface area contributed by atoms with Gasteiger partial charge >= 0.3 is 6.03 Å². The van der Waals surface area contributed by atoms with E-state index >= 15 is 0 Å². The molecule has 1 aliphatic carbocycles. The molecule has 0 radical (unpaired) electrons. The van der Waals surface area contributed by atoms with E-state index in [9.17, 15) is 14.4 Å². The topological polar surface area (TPSA) is 82.6 Å². The summed E-state index contributed by atoms with van der Waals surface area (Å²) in [6.07, 6.45) is 3.05. The Balaban J connectivity index is 1.51. The normalized spacial score (nSPS) is 17.5. The number of thiazole rings is 1. The molecule has 0 bridgehead atoms. The maximum absolute atomic E-state index is 13.5. The molecule has 4 amide bonds. The predicted octanol–water partition coefficient (Wildman–Crippen LogP) is 4.13. The fourth-order valence-electron chi connectivity index (χ4n) is 4.46. The van der Waals surface area contributed by atoms with Crippen molar-refractivity contribution in [2.24, 2.45) is 0 Å². The minimum absolute atomic E-state index is 0.294. The van der Waals surface area contributed by atoms with E-state index < -0.39 is 11.6 Å². The number of aryl methyl sites for hydroxylation is 1. The van der Waals surface area contributed by atoms with E-state index in [1.54, 1.807) is 0 Å². The van der Waals surface area contributed by atoms with Crippen LogP contribution in [0.15, 0.2) is 48.5 Å². The molecule has 2 fully saturated rings. The van der Waals surface area contributed by atoms with Crippen molar-refractivity contribution in [1.82, 2.24) is 15.2 Å². The number of imide groups is 1. The first-order valence-corrected chi connectivity index (χ1v) is 11.2. The Labute approximate surface area is 183 Å². The summed E-state index contributed by atoms with van der Waals surface area (Å²) >= 11 is 1.41. The van der Waals surface area contributed by atoms with Crippen LogP contribution in [0.2, 0.25) is 0 Å². The van der Waals surface area contributed by atoms with Crippen LogP contribution in [0.4, 0.5) is 15.6 Å². The minimum Gasteiger partial charge on any atom is -0.323 e. The second-order valence-electron chi connectivity index (χ2n) is 8.09. The molecule has 2 aromatic carbocycles. The van der Waals surface area contributed by atoms with E-state index in [1.165, 1.54) is 16.2 Å². The molecular formula is C23H22N4O3S. The van der Waals surface area contributed by atoms with Crippen LogP contribution >= 0.6 is 11.3 Å². The number of benzene rings is 2. The first kappa shape index (κ1) is 19.7. The van der Waals surface area contributed by atoms with Gasteiger partial charge in [-0.05, 0) is 43.5 Å². The maximum Gasteiger partial charge on any atom is 0.325 e. The molecule has 3 aromatic rings. The summed E-state index contributed by atoms with van der Waals surface area (Å²) in [5.74, 6) is -0.663. The molecule has 1 aliphatic heterocycles. The molecule has 2 heterocycles. The van der Waals surface area contributed by atoms with Gasteiger partial charge in [0.2, 0.25) is 0 Å². The summed E-state index contributed by atoms with van der Waals surface area (Å²) < 4.78 is 0.962. The molecule has 7 nitrogen and oxygen atoms in total. The summed E-state index contributed by atoms with van der Waals surface area (Å²) in [5.41, 5.74) is 1.56. The van der Waals surface area contributed by atoms with Crippen LogP contribution in [0, 0.1) is 6.92 Å². The van der Waals surface area contributed by atoms with Crippen molar-refractivity contribution in [3.05, 3.63) is 54.1 Å². The third-order valence-electron chi connectivity index (χ3n) is 6.08. The fourth-order valence-corrected chi connectivity index (χ4v) is 5.45. The Hall–Kier alpha value is -3.26. The zero-order valence-electron chi connectivity index (χ0n) is 17.1. The predicted molar refractivity (Wildman–Crippen MR) is 119 cm³/mol. The van der Waals surface area contributed by atoms with E-state index in [2.05, 4.69) is 10.3 Å². The number of fused-ring (bicyclic) bond motifs is 1. The molecule has 158 valence electrons. The highest BCUT2D eigenvalue weighted by Gasteiger charge is 2.53. The van der Waals surface area contributed by atoms with Crippen molar-refractivity contribution in [2.45, 2.75) is 38.1 Å². The van der Waals surface area contributed by atoms with Gasteiger partial charge < -0.3 is 5.32 Å². The largest absolute Gasteiger partial charge is 0.325 e. The van der Waals surface area contributed by atoms with Gasteiger partial charge in [-0.2, -0.15) is 0 Å². The van der Waals surface area contributed by atoms with Gasteiger partial charge in [0.05, 0.1) is 15.9 Å². The highest BCUT2D eigenvalue weighted by atomic mass is 32.1. The lowest BCUT2D eigenvalue weighted by molar-refractivity contribution is -0.134. The van der Waals surface area contributed by atoms with E-state index in [-0.39, 0.29) is 18.4 Å². The summed E-state index contributed by atoms with van der Waals surface area (Å²) in [6.45, 7) is 1.60. The number of carbonyl (C=O) groups excluding carboxylic acids is 3. The van der Waals surface area contributed by atoms with Crippen LogP contribution in [-0.2, 0) is 9.59 Å². The lowest BCUT2D eigenvalue weighted by Gasteiger charge is -2.24. The lowest BCUT2D eigenvalue weighted by atomic mass is 9.98. The van der Waals surface area contributed by atoms with Crippen molar-refractivity contribution in [3.63, 3.8) is 0 Å². The zero-order chi connectivity index (χ0) is 21.6. The Kier molecular flexibility index (Phi) is 4.74. The van der Waals surface area contributed by atoms with Crippen molar-refractivity contribution < 1.29 is 14.4 Å². The van der Waals surface area contributed by atoms with E-state index in [4.69, 9.17) is 0 Å². The third-order valence-corrected chi connectivity index (χ3v) is 7.10. The highest BCUT2D eigenvalue weighted by molar-refractivity contribution is 7.22. The van der Waals surface area contributed by atoms with Crippen LogP contribution in [0.1, 0.15) is 31.2 Å². The molecular weight excluding hydrogens is 412 g/mol. The van der Waals surface area contributed by atoms with Crippen LogP contribution in [0.5, 0.6) is 0 Å². The number of hydrogen-bond acceptors (Lipinski definition) is 5. The first-order valence-electron chi connectivity index (χ1n) is 10.4. The van der Waals surface area contributed by atoms with Gasteiger partial charge in [0, 0.05) is 0 Å². The monoisotopic (exact) mass is 434 g/mol. The number of para-hydroxylation sites is 2. The summed E-state index contributed by atoms with van der Waals surface area (Å²) in [7, 11) is 0. The molecule has 31 heavy (non-hydrogen) atoms. The number of hydrogen-bond donors (Lipinski definition) is 1. The van der Waals surface area contributed by atoms with Gasteiger partial charge in [0.1, 0.15) is 12.1 Å². The third kappa shape index (κ3) is 3.27. The first-order chi connectivity index (χ1) is 15.0. The molecule has 1 N–H and O–H groups in total. The van der Waals surface area contributed by atoms with Crippen LogP contribution in [-0.4, -0.2) is 39.8 Å². The highest BCUT2D eigenvalue weighted by Crippen LogP contribution is 2.37. The standard InChI is InChI=1S/C23H22N4O3S/c1-15-8-2-4-10-17(15)27(22-24-16-9-3-5-11-18(16)31-22)19(28)14-26-20(29)23(25-21(26)30)12-6-7-13-23/h2-5,8-11H,6-7,12-14H2,1H3,(H,25,30). The second-order valence-corrected chi connectivity index (χ2v) is 9.10. The molecule has 2 aliphatic rings. The van der Waals surface area contributed by atoms with Gasteiger partial charge in [0.15, 0.2) is 5.13 Å². The van der Waals surface area contributed by atoms with Gasteiger partial charge in [-0.1, -0.05) is 54.5 Å². The number of nitrogens with one attached hydrogen (secondary N) is 1. The molecule has 1 saturated heterocycles. The van der Waals surface area contributed by atoms with E-state index in [0.717, 1.165) is 33.5 Å². The SMILES string of the molecule is Cc1ccccc1N(C(=O)CN1C(=O)NC2(CCCC2)C1=O)c1nc2ccccc2s1. The average Bonchev–Trinajstić information content (AvgIpc) is 3.45. The molecule has 0 unspecified atom stereocenters. The number of anilines is 2. The molecule has 0 atom stereocenters. The molecule has 1 spiro atoms. The smallest absolute Gasteiger partial charge is 0.323 e. The van der Waals surface area contributed by atoms with Crippen LogP contribution in [0.3, 0.4) is 0 Å². The van der Waals surface area contributed by atoms with Gasteiger partial charge in [-0.25, -0.2) is 9.78 Å². The maximum atomic E-state index is 13.5. The van der Waals surface area contributed by atoms with Crippen molar-refractivity contribution in [2.75, 3.05) is 11.4 Å². The van der Waals surface area contributed by atoms with Gasteiger partial charge in [-0.3, -0.25) is 19.4 Å². The average molecular weight is 435 g/mol. The van der Waals surface area contributed by atoms with Crippen molar-refractivity contribution in [1.29, 1.82) is 0 Å². The molecule has 1 saturated carbocycles. The Morgan fingerprint density at radius 3 is 2.58 bits per heavy atom. The number of nitrogens with zero attached hydrogens (tertiary/aromatic N) is 3. The van der Waals surface area contributed by atoms with Gasteiger partial charge in [-0.15, -0.1) is 0 Å². The van der Waals surface area contributed by atoms with Crippen LogP contribution < -0.4 is 10.2 Å². The van der Waals surface area contributed by atoms with Crippen LogP contribution in [0.25, 0.3) is 10.2 Å².